The summed E-state index contributed by atoms with van der Waals surface area (Å²) < 4.78 is 11.0. The molecule has 8 rings (SSSR count). The molecule has 0 saturated carbocycles. The summed E-state index contributed by atoms with van der Waals surface area (Å²) in [7, 11) is 3.39. The molecule has 16 heteroatoms. The summed E-state index contributed by atoms with van der Waals surface area (Å²) in [5.74, 6) is 1.32. The van der Waals surface area contributed by atoms with Crippen molar-refractivity contribution in [3.05, 3.63) is 108 Å². The summed E-state index contributed by atoms with van der Waals surface area (Å²) in [6.45, 7) is 15.3. The topological polar surface area (TPSA) is 192 Å². The number of likely N-dealkylation sites (tertiary alicyclic amines) is 2. The maximum atomic E-state index is 13.0. The van der Waals surface area contributed by atoms with Gasteiger partial charge in [-0.05, 0) is 97.2 Å². The fraction of sp³-hybridized carbons (Fsp3) is 0.385. The molecular weight excluding hydrogens is 863 g/mol. The molecule has 2 aliphatic rings. The number of aromatic nitrogens is 4. The minimum atomic E-state index is -1.06. The molecule has 0 radical (unpaired) electrons. The minimum Gasteiger partial charge on any atom is -0.480 e. The van der Waals surface area contributed by atoms with Gasteiger partial charge in [-0.25, -0.2) is 34.3 Å². The van der Waals surface area contributed by atoms with Crippen molar-refractivity contribution in [3.63, 3.8) is 0 Å². The van der Waals surface area contributed by atoms with E-state index in [1.807, 2.05) is 132 Å². The number of aryl methyl sites for hydroxylation is 2. The fourth-order valence-electron chi connectivity index (χ4n) is 8.34. The normalized spacial score (nSPS) is 18.1. The number of nitrogens with zero attached hydrogens (tertiary/aromatic N) is 7. The Labute approximate surface area is 397 Å². The molecule has 2 aromatic heterocycles. The zero-order valence-corrected chi connectivity index (χ0v) is 40.4. The zero-order valence-electron chi connectivity index (χ0n) is 40.4. The van der Waals surface area contributed by atoms with Crippen LogP contribution in [-0.4, -0.2) is 126 Å². The summed E-state index contributed by atoms with van der Waals surface area (Å²) in [5, 5.41) is 18.3. The van der Waals surface area contributed by atoms with Gasteiger partial charge >= 0.3 is 18.2 Å². The van der Waals surface area contributed by atoms with Crippen LogP contribution in [0.4, 0.5) is 21.2 Å². The highest BCUT2D eigenvalue weighted by atomic mass is 16.6. The Morgan fingerprint density at radius 3 is 1.37 bits per heavy atom. The number of carbonyl (C=O) groups is 4. The van der Waals surface area contributed by atoms with Gasteiger partial charge < -0.3 is 30.1 Å². The summed E-state index contributed by atoms with van der Waals surface area (Å²) in [4.78, 5) is 73.9. The predicted octanol–water partition coefficient (Wildman–Crippen LogP) is 8.96. The van der Waals surface area contributed by atoms with Crippen molar-refractivity contribution in [3.8, 4) is 22.8 Å². The number of anilines is 2. The van der Waals surface area contributed by atoms with Crippen LogP contribution in [0.15, 0.2) is 97.1 Å². The van der Waals surface area contributed by atoms with E-state index in [1.165, 1.54) is 14.7 Å². The van der Waals surface area contributed by atoms with Crippen LogP contribution >= 0.6 is 0 Å². The Morgan fingerprint density at radius 2 is 0.971 bits per heavy atom. The van der Waals surface area contributed by atoms with Crippen molar-refractivity contribution in [1.29, 1.82) is 0 Å². The first kappa shape index (κ1) is 48.6. The van der Waals surface area contributed by atoms with Crippen LogP contribution in [0.3, 0.4) is 0 Å². The molecule has 16 nitrogen and oxygen atoms in total. The Morgan fingerprint density at radius 1 is 0.588 bits per heavy atom. The molecular formula is C52H61N9O7. The molecule has 0 aliphatic carbocycles. The average Bonchev–Trinajstić information content (AvgIpc) is 3.91. The Bertz CT molecular complexity index is 2840. The monoisotopic (exact) mass is 923 g/mol. The van der Waals surface area contributed by atoms with Gasteiger partial charge in [-0.15, -0.1) is 0 Å². The Kier molecular flexibility index (Phi) is 14.2. The van der Waals surface area contributed by atoms with Gasteiger partial charge in [-0.2, -0.15) is 0 Å². The van der Waals surface area contributed by atoms with E-state index in [2.05, 4.69) is 10.6 Å². The molecule has 2 saturated heterocycles. The van der Waals surface area contributed by atoms with E-state index in [4.69, 9.17) is 29.4 Å². The highest BCUT2D eigenvalue weighted by Gasteiger charge is 2.43. The van der Waals surface area contributed by atoms with Gasteiger partial charge in [0.2, 0.25) is 5.91 Å². The maximum Gasteiger partial charge on any atom is 0.411 e. The number of rotatable bonds is 8. The number of carbonyl (C=O) groups excluding carboxylic acids is 3. The number of benzene rings is 4. The smallest absolute Gasteiger partial charge is 0.411 e. The van der Waals surface area contributed by atoms with Gasteiger partial charge in [-0.3, -0.25) is 14.6 Å². The second-order valence-corrected chi connectivity index (χ2v) is 19.5. The minimum absolute atomic E-state index is 0.131. The summed E-state index contributed by atoms with van der Waals surface area (Å²) in [5.41, 5.74) is 4.27. The number of nitrogens with one attached hydrogen (secondary N) is 2. The van der Waals surface area contributed by atoms with Crippen LogP contribution in [0.25, 0.3) is 44.6 Å². The second-order valence-electron chi connectivity index (χ2n) is 19.5. The zero-order chi connectivity index (χ0) is 49.1. The van der Waals surface area contributed by atoms with E-state index in [1.54, 1.807) is 34.9 Å². The molecule has 4 heterocycles. The summed E-state index contributed by atoms with van der Waals surface area (Å²) >= 11 is 0. The van der Waals surface area contributed by atoms with Crippen LogP contribution in [0.2, 0.25) is 0 Å². The predicted molar refractivity (Wildman–Crippen MR) is 263 cm³/mol. The molecule has 0 spiro atoms. The maximum absolute atomic E-state index is 13.0. The Hall–Kier alpha value is -7.36. The van der Waals surface area contributed by atoms with Crippen LogP contribution < -0.4 is 10.6 Å². The number of hydrogen-bond acceptors (Lipinski definition) is 12. The number of likely N-dealkylation sites (N-methyl/N-ethyl adjacent to an activating group) is 1. The van der Waals surface area contributed by atoms with Crippen molar-refractivity contribution in [2.24, 2.45) is 0 Å². The first-order chi connectivity index (χ1) is 32.2. The molecule has 2 fully saturated rings. The van der Waals surface area contributed by atoms with Gasteiger partial charge in [0.25, 0.3) is 0 Å². The lowest BCUT2D eigenvalue weighted by atomic mass is 10.1. The standard InChI is InChI=1S/C27H33N5O3.C25H28N4O4/c1-17-11-7-8-12-19(17)23-29-21-14-10-9-13-20(21)24(30-23)28-18-15-22(25(33)31(5)6)32(16-18)26(34)35-27(2,3)4;1-15-9-5-6-10-17(15)21-27-19-12-8-7-11-18(19)22(28-21)26-16-13-20(23(30)31)29(14-16)24(32)33-25(2,3)4/h7-14,18,22H,15-16H2,1-6H3,(H,28,29,30);5-12,16,20H,13-14H2,1-4H3,(H,30,31)(H,26,27,28)/t18-,22+;16-,20+/m00/s1. The first-order valence-corrected chi connectivity index (χ1v) is 22.8. The summed E-state index contributed by atoms with van der Waals surface area (Å²) in [6.07, 6.45) is -0.427. The van der Waals surface area contributed by atoms with E-state index in [9.17, 15) is 24.3 Å². The van der Waals surface area contributed by atoms with Crippen molar-refractivity contribution in [1.82, 2.24) is 34.6 Å². The molecule has 4 aromatic carbocycles. The molecule has 3 N–H and O–H groups in total. The number of hydrogen-bond donors (Lipinski definition) is 3. The Balaban J connectivity index is 0.000000202. The van der Waals surface area contributed by atoms with Gasteiger partial charge in [-0.1, -0.05) is 72.8 Å². The number of carboxylic acids is 1. The van der Waals surface area contributed by atoms with Crippen LogP contribution in [0, 0.1) is 13.8 Å². The lowest BCUT2D eigenvalue weighted by Gasteiger charge is -2.29. The number of carboxylic acid groups (broad SMARTS) is 1. The van der Waals surface area contributed by atoms with E-state index in [0.29, 0.717) is 36.3 Å². The number of para-hydroxylation sites is 2. The average molecular weight is 924 g/mol. The second kappa shape index (κ2) is 19.9. The largest absolute Gasteiger partial charge is 0.480 e. The molecule has 3 amide bonds. The molecule has 68 heavy (non-hydrogen) atoms. The van der Waals surface area contributed by atoms with E-state index >= 15 is 0 Å². The molecule has 2 aliphatic heterocycles. The number of ether oxygens (including phenoxy) is 2. The molecule has 0 bridgehead atoms. The lowest BCUT2D eigenvalue weighted by molar-refractivity contribution is -0.142. The third-order valence-electron chi connectivity index (χ3n) is 11.5. The van der Waals surface area contributed by atoms with Crippen molar-refractivity contribution in [2.45, 2.75) is 104 Å². The number of fused-ring (bicyclic) bond motifs is 2. The van der Waals surface area contributed by atoms with Crippen LogP contribution in [-0.2, 0) is 19.1 Å². The van der Waals surface area contributed by atoms with Gasteiger partial charge in [0, 0.05) is 67.6 Å². The lowest BCUT2D eigenvalue weighted by Crippen LogP contribution is -2.47. The highest BCUT2D eigenvalue weighted by molar-refractivity contribution is 5.92. The highest BCUT2D eigenvalue weighted by Crippen LogP contribution is 2.32. The van der Waals surface area contributed by atoms with Gasteiger partial charge in [0.1, 0.15) is 34.9 Å². The third-order valence-corrected chi connectivity index (χ3v) is 11.5. The first-order valence-electron chi connectivity index (χ1n) is 22.8. The fourth-order valence-corrected chi connectivity index (χ4v) is 8.34. The van der Waals surface area contributed by atoms with Crippen molar-refractivity contribution < 1.29 is 33.8 Å². The molecule has 6 aromatic rings. The number of aliphatic carboxylic acids is 1. The van der Waals surface area contributed by atoms with Crippen LogP contribution in [0.5, 0.6) is 0 Å². The van der Waals surface area contributed by atoms with Crippen molar-refractivity contribution in [2.75, 3.05) is 37.8 Å². The SMILES string of the molecule is Cc1ccccc1-c1nc(N[C@H]2C[C@H](C(=O)N(C)C)N(C(=O)OC(C)(C)C)C2)c2ccccc2n1.Cc1ccccc1-c1nc(N[C@H]2C[C@H](C(=O)O)N(C(=O)OC(C)(C)C)C2)c2ccccc2n1. The third kappa shape index (κ3) is 11.4. The summed E-state index contributed by atoms with van der Waals surface area (Å²) in [6, 6.07) is 29.3. The van der Waals surface area contributed by atoms with Crippen molar-refractivity contribution >= 4 is 57.5 Å². The quantitative estimate of drug-likeness (QED) is 0.131. The van der Waals surface area contributed by atoms with E-state index in [0.717, 1.165) is 44.1 Å². The van der Waals surface area contributed by atoms with Crippen LogP contribution in [0.1, 0.15) is 65.5 Å². The van der Waals surface area contributed by atoms with E-state index in [-0.39, 0.29) is 31.0 Å². The van der Waals surface area contributed by atoms with E-state index < -0.39 is 41.4 Å². The molecule has 356 valence electrons. The number of amides is 3. The van der Waals surface area contributed by atoms with Gasteiger partial charge in [0.15, 0.2) is 11.6 Å². The molecule has 0 unspecified atom stereocenters. The van der Waals surface area contributed by atoms with Gasteiger partial charge in [0.05, 0.1) is 11.0 Å². The molecule has 4 atom stereocenters.